The van der Waals surface area contributed by atoms with E-state index < -0.39 is 0 Å². The van der Waals surface area contributed by atoms with Gasteiger partial charge in [-0.2, -0.15) is 0 Å². The summed E-state index contributed by atoms with van der Waals surface area (Å²) in [6.07, 6.45) is 1.67. The van der Waals surface area contributed by atoms with Gasteiger partial charge in [0, 0.05) is 31.2 Å². The van der Waals surface area contributed by atoms with Crippen molar-refractivity contribution in [1.82, 2.24) is 14.4 Å². The Morgan fingerprint density at radius 2 is 1.48 bits per heavy atom. The minimum Gasteiger partial charge on any atom is -0.318 e. The summed E-state index contributed by atoms with van der Waals surface area (Å²) in [5.74, 6) is -0.752. The fraction of sp³-hybridized carbons (Fsp3) is 0.286. The number of carbonyl (C=O) groups is 2. The van der Waals surface area contributed by atoms with Crippen LogP contribution < -0.4 is 0 Å². The maximum absolute atomic E-state index is 12.6. The molecule has 5 nitrogen and oxygen atoms in total. The Kier molecular flexibility index (Phi) is 4.78. The molecule has 2 aromatic rings. The second-order valence-electron chi connectivity index (χ2n) is 7.00. The van der Waals surface area contributed by atoms with Crippen molar-refractivity contribution in [2.24, 2.45) is 0 Å². The van der Waals surface area contributed by atoms with Crippen molar-refractivity contribution < 1.29 is 9.59 Å². The summed E-state index contributed by atoms with van der Waals surface area (Å²) in [7, 11) is 3.17. The highest BCUT2D eigenvalue weighted by Crippen LogP contribution is 2.26. The van der Waals surface area contributed by atoms with Crippen LogP contribution >= 0.6 is 12.2 Å². The Morgan fingerprint density at radius 1 is 0.889 bits per heavy atom. The molecule has 0 aliphatic carbocycles. The topological polar surface area (TPSA) is 45.6 Å². The van der Waals surface area contributed by atoms with Crippen LogP contribution in [0.25, 0.3) is 11.8 Å². The van der Waals surface area contributed by atoms with Crippen molar-refractivity contribution in [2.75, 3.05) is 14.1 Å². The highest BCUT2D eigenvalue weighted by molar-refractivity contribution is 7.80. The molecular weight excluding hydrogens is 358 g/mol. The van der Waals surface area contributed by atoms with E-state index in [9.17, 15) is 9.59 Å². The molecule has 1 aliphatic rings. The average Bonchev–Trinajstić information content (AvgIpc) is 2.91. The third-order valence-electron chi connectivity index (χ3n) is 5.16. The number of likely N-dealkylation sites (N-methyl/N-ethyl adjacent to an activating group) is 2. The Bertz CT molecular complexity index is 991. The van der Waals surface area contributed by atoms with Crippen LogP contribution in [0.1, 0.15) is 28.1 Å². The number of aromatic nitrogens is 1. The molecular formula is C21H23N3O2S. The van der Waals surface area contributed by atoms with E-state index >= 15 is 0 Å². The maximum Gasteiger partial charge on any atom is 0.265 e. The molecule has 1 fully saturated rings. The molecule has 6 heteroatoms. The molecule has 27 heavy (non-hydrogen) atoms. The molecule has 140 valence electrons. The summed E-state index contributed by atoms with van der Waals surface area (Å²) in [6.45, 7) is 8.18. The molecule has 1 aromatic carbocycles. The fourth-order valence-electron chi connectivity index (χ4n) is 3.33. The number of benzene rings is 1. The fourth-order valence-corrected chi connectivity index (χ4v) is 3.49. The molecule has 0 radical (unpaired) electrons. The van der Waals surface area contributed by atoms with Gasteiger partial charge in [0.25, 0.3) is 11.8 Å². The molecule has 0 spiro atoms. The van der Waals surface area contributed by atoms with E-state index in [-0.39, 0.29) is 22.5 Å². The lowest BCUT2D eigenvalue weighted by atomic mass is 10.1. The van der Waals surface area contributed by atoms with Crippen LogP contribution in [0.3, 0.4) is 0 Å². The van der Waals surface area contributed by atoms with E-state index in [4.69, 9.17) is 12.2 Å². The zero-order valence-electron chi connectivity index (χ0n) is 16.5. The second kappa shape index (κ2) is 6.78. The Labute approximate surface area is 164 Å². The van der Waals surface area contributed by atoms with Gasteiger partial charge >= 0.3 is 0 Å². The molecule has 2 heterocycles. The van der Waals surface area contributed by atoms with E-state index in [1.54, 1.807) is 20.2 Å². The van der Waals surface area contributed by atoms with Gasteiger partial charge in [-0.15, -0.1) is 0 Å². The summed E-state index contributed by atoms with van der Waals surface area (Å²) in [6, 6.07) is 8.31. The molecule has 0 atom stereocenters. The molecule has 1 saturated heterocycles. The molecule has 1 aliphatic heterocycles. The van der Waals surface area contributed by atoms with Gasteiger partial charge in [-0.1, -0.05) is 6.07 Å². The first-order valence-electron chi connectivity index (χ1n) is 8.71. The van der Waals surface area contributed by atoms with E-state index in [0.717, 1.165) is 22.6 Å². The van der Waals surface area contributed by atoms with Gasteiger partial charge in [-0.3, -0.25) is 19.4 Å². The van der Waals surface area contributed by atoms with Gasteiger partial charge in [0.2, 0.25) is 0 Å². The van der Waals surface area contributed by atoms with Crippen LogP contribution in [-0.4, -0.2) is 45.4 Å². The van der Waals surface area contributed by atoms with Crippen molar-refractivity contribution in [3.05, 3.63) is 57.9 Å². The zero-order chi connectivity index (χ0) is 20.0. The SMILES string of the molecule is Cc1ccc(-n2c(C)cc(C=C3C(=O)N(C)C(=S)N(C)C3=O)c2C)cc1C. The van der Waals surface area contributed by atoms with Crippen LogP contribution in [0.5, 0.6) is 0 Å². The minimum atomic E-state index is -0.376. The summed E-state index contributed by atoms with van der Waals surface area (Å²) < 4.78 is 2.13. The third kappa shape index (κ3) is 3.10. The number of rotatable bonds is 2. The van der Waals surface area contributed by atoms with Crippen LogP contribution in [0.2, 0.25) is 0 Å². The summed E-state index contributed by atoms with van der Waals surface area (Å²) in [5.41, 5.74) is 6.50. The first-order valence-corrected chi connectivity index (χ1v) is 9.12. The van der Waals surface area contributed by atoms with Gasteiger partial charge in [-0.25, -0.2) is 0 Å². The van der Waals surface area contributed by atoms with E-state index in [0.29, 0.717) is 0 Å². The lowest BCUT2D eigenvalue weighted by Gasteiger charge is -2.31. The molecule has 2 amide bonds. The number of nitrogens with zero attached hydrogens (tertiary/aromatic N) is 3. The van der Waals surface area contributed by atoms with Crippen LogP contribution in [0.4, 0.5) is 0 Å². The monoisotopic (exact) mass is 381 g/mol. The van der Waals surface area contributed by atoms with E-state index in [2.05, 4.69) is 36.6 Å². The molecule has 0 saturated carbocycles. The molecule has 3 rings (SSSR count). The van der Waals surface area contributed by atoms with Gasteiger partial charge in [0.05, 0.1) is 0 Å². The Morgan fingerprint density at radius 3 is 2.04 bits per heavy atom. The summed E-state index contributed by atoms with van der Waals surface area (Å²) in [5, 5.41) is 0.211. The second-order valence-corrected chi connectivity index (χ2v) is 7.36. The quantitative estimate of drug-likeness (QED) is 0.455. The Balaban J connectivity index is 2.10. The van der Waals surface area contributed by atoms with Gasteiger partial charge in [-0.05, 0) is 80.9 Å². The third-order valence-corrected chi connectivity index (χ3v) is 5.71. The van der Waals surface area contributed by atoms with Crippen LogP contribution in [0.15, 0.2) is 29.8 Å². The highest BCUT2D eigenvalue weighted by Gasteiger charge is 2.35. The largest absolute Gasteiger partial charge is 0.318 e. The van der Waals surface area contributed by atoms with Crippen molar-refractivity contribution in [1.29, 1.82) is 0 Å². The van der Waals surface area contributed by atoms with Crippen LogP contribution in [0, 0.1) is 27.7 Å². The lowest BCUT2D eigenvalue weighted by molar-refractivity contribution is -0.132. The lowest BCUT2D eigenvalue weighted by Crippen LogP contribution is -2.52. The first-order chi connectivity index (χ1) is 12.6. The van der Waals surface area contributed by atoms with Gasteiger partial charge in [0.15, 0.2) is 5.11 Å². The van der Waals surface area contributed by atoms with Crippen molar-refractivity contribution in [2.45, 2.75) is 27.7 Å². The smallest absolute Gasteiger partial charge is 0.265 e. The molecule has 0 bridgehead atoms. The molecule has 0 N–H and O–H groups in total. The number of hydrogen-bond donors (Lipinski definition) is 0. The van der Waals surface area contributed by atoms with Crippen molar-refractivity contribution >= 4 is 35.2 Å². The molecule has 0 unspecified atom stereocenters. The standard InChI is InChI=1S/C21H23N3O2S/c1-12-7-8-17(9-13(12)2)24-14(3)10-16(15(24)4)11-18-19(25)22(5)21(27)23(6)20(18)26/h7-11H,1-6H3. The van der Waals surface area contributed by atoms with E-state index in [1.165, 1.54) is 20.9 Å². The normalized spacial score (nSPS) is 15.0. The Hall–Kier alpha value is -2.73. The van der Waals surface area contributed by atoms with Gasteiger partial charge < -0.3 is 4.57 Å². The summed E-state index contributed by atoms with van der Waals surface area (Å²) in [4.78, 5) is 27.8. The molecule has 1 aromatic heterocycles. The number of carbonyl (C=O) groups excluding carboxylic acids is 2. The summed E-state index contributed by atoms with van der Waals surface area (Å²) >= 11 is 5.14. The van der Waals surface area contributed by atoms with Gasteiger partial charge in [0.1, 0.15) is 5.57 Å². The predicted octanol–water partition coefficient (Wildman–Crippen LogP) is 3.31. The highest BCUT2D eigenvalue weighted by atomic mass is 32.1. The number of thiocarbonyl (C=S) groups is 1. The van der Waals surface area contributed by atoms with Crippen molar-refractivity contribution in [3.8, 4) is 5.69 Å². The maximum atomic E-state index is 12.6. The van der Waals surface area contributed by atoms with Crippen molar-refractivity contribution in [3.63, 3.8) is 0 Å². The van der Waals surface area contributed by atoms with Crippen LogP contribution in [-0.2, 0) is 9.59 Å². The predicted molar refractivity (Wildman–Crippen MR) is 111 cm³/mol. The van der Waals surface area contributed by atoms with E-state index in [1.807, 2.05) is 19.9 Å². The first kappa shape index (κ1) is 19.0. The zero-order valence-corrected chi connectivity index (χ0v) is 17.3. The minimum absolute atomic E-state index is 0.119. The number of amides is 2. The average molecular weight is 382 g/mol. The number of aryl methyl sites for hydroxylation is 3. The number of hydrogen-bond acceptors (Lipinski definition) is 3.